The van der Waals surface area contributed by atoms with Gasteiger partial charge >= 0.3 is 0 Å². The van der Waals surface area contributed by atoms with Crippen molar-refractivity contribution in [3.63, 3.8) is 0 Å². The van der Waals surface area contributed by atoms with E-state index in [1.54, 1.807) is 7.11 Å². The summed E-state index contributed by atoms with van der Waals surface area (Å²) in [4.78, 5) is 21.3. The minimum absolute atomic E-state index is 0.117. The first-order valence-electron chi connectivity index (χ1n) is 13.1. The van der Waals surface area contributed by atoms with E-state index in [9.17, 15) is 4.79 Å². The molecule has 3 saturated heterocycles. The molecule has 2 aromatic heterocycles. The Bertz CT molecular complexity index is 1280. The highest BCUT2D eigenvalue weighted by Gasteiger charge is 2.29. The number of carbonyl (C=O) groups is 1. The number of piperazine rings is 1. The lowest BCUT2D eigenvalue weighted by Crippen LogP contribution is -2.56. The molecule has 5 heterocycles. The van der Waals surface area contributed by atoms with Crippen LogP contribution in [-0.2, 0) is 9.53 Å². The fraction of sp³-hybridized carbons (Fsp3) is 0.519. The van der Waals surface area contributed by atoms with Crippen molar-refractivity contribution in [1.29, 1.82) is 0 Å². The van der Waals surface area contributed by atoms with E-state index in [0.29, 0.717) is 37.4 Å². The first-order valence-corrected chi connectivity index (χ1v) is 13.1. The number of aromatic nitrogens is 3. The number of ether oxygens (including phenoxy) is 3. The van der Waals surface area contributed by atoms with Crippen LogP contribution in [0.15, 0.2) is 30.6 Å². The third-order valence-electron chi connectivity index (χ3n) is 7.74. The van der Waals surface area contributed by atoms with Crippen LogP contribution in [0.1, 0.15) is 18.4 Å². The molecule has 0 unspecified atom stereocenters. The summed E-state index contributed by atoms with van der Waals surface area (Å²) >= 11 is 0. The zero-order valence-corrected chi connectivity index (χ0v) is 21.5. The van der Waals surface area contributed by atoms with Gasteiger partial charge in [-0.3, -0.25) is 9.69 Å². The maximum absolute atomic E-state index is 11.5. The largest absolute Gasteiger partial charge is 0.495 e. The van der Waals surface area contributed by atoms with Crippen LogP contribution in [0.2, 0.25) is 0 Å². The summed E-state index contributed by atoms with van der Waals surface area (Å²) in [7, 11) is 1.72. The molecule has 1 N–H and O–H groups in total. The topological polar surface area (TPSA) is 93.5 Å². The molecule has 0 spiro atoms. The first-order chi connectivity index (χ1) is 18.1. The Labute approximate surface area is 216 Å². The van der Waals surface area contributed by atoms with Crippen LogP contribution in [0.4, 0.5) is 5.69 Å². The van der Waals surface area contributed by atoms with Crippen LogP contribution in [0, 0.1) is 12.8 Å². The summed E-state index contributed by atoms with van der Waals surface area (Å²) in [5, 5.41) is 7.40. The van der Waals surface area contributed by atoms with Gasteiger partial charge in [0.15, 0.2) is 0 Å². The summed E-state index contributed by atoms with van der Waals surface area (Å²) in [6, 6.07) is 6.84. The van der Waals surface area contributed by atoms with Crippen LogP contribution < -0.4 is 19.7 Å². The van der Waals surface area contributed by atoms with Crippen LogP contribution >= 0.6 is 0 Å². The van der Waals surface area contributed by atoms with Crippen molar-refractivity contribution in [3.8, 4) is 22.9 Å². The molecule has 6 rings (SSSR count). The molecule has 3 aliphatic rings. The molecule has 0 radical (unpaired) electrons. The molecule has 0 saturated carbocycles. The molecular weight excluding hydrogens is 472 g/mol. The second-order valence-corrected chi connectivity index (χ2v) is 10.2. The van der Waals surface area contributed by atoms with Crippen molar-refractivity contribution >= 4 is 17.1 Å². The van der Waals surface area contributed by atoms with Gasteiger partial charge in [0.25, 0.3) is 0 Å². The van der Waals surface area contributed by atoms with E-state index in [1.807, 2.05) is 29.9 Å². The molecule has 3 aromatic rings. The van der Waals surface area contributed by atoms with Crippen LogP contribution in [0.5, 0.6) is 11.6 Å². The Balaban J connectivity index is 1.21. The van der Waals surface area contributed by atoms with Crippen LogP contribution in [-0.4, -0.2) is 91.1 Å². The van der Waals surface area contributed by atoms with E-state index in [1.165, 1.54) is 0 Å². The van der Waals surface area contributed by atoms with E-state index >= 15 is 0 Å². The Morgan fingerprint density at radius 3 is 2.73 bits per heavy atom. The number of fused-ring (bicyclic) bond motifs is 1. The molecule has 1 atom stereocenters. The maximum Gasteiger partial charge on any atom is 0.240 e. The molecule has 196 valence electrons. The van der Waals surface area contributed by atoms with Crippen molar-refractivity contribution in [2.75, 3.05) is 64.6 Å². The number of aryl methyl sites for hydroxylation is 1. The Kier molecular flexibility index (Phi) is 6.60. The van der Waals surface area contributed by atoms with E-state index in [2.05, 4.69) is 32.3 Å². The van der Waals surface area contributed by atoms with Gasteiger partial charge in [0.05, 0.1) is 56.7 Å². The number of methoxy groups -OCH3 is 1. The molecule has 37 heavy (non-hydrogen) atoms. The van der Waals surface area contributed by atoms with Gasteiger partial charge in [0, 0.05) is 50.3 Å². The van der Waals surface area contributed by atoms with E-state index < -0.39 is 0 Å². The number of nitrogens with zero attached hydrogens (tertiary/aromatic N) is 5. The summed E-state index contributed by atoms with van der Waals surface area (Å²) in [5.74, 6) is 1.81. The number of anilines is 1. The van der Waals surface area contributed by atoms with E-state index in [0.717, 1.165) is 79.6 Å². The van der Waals surface area contributed by atoms with Gasteiger partial charge in [0.2, 0.25) is 11.8 Å². The van der Waals surface area contributed by atoms with E-state index in [-0.39, 0.29) is 5.91 Å². The third kappa shape index (κ3) is 4.83. The maximum atomic E-state index is 11.5. The standard InChI is InChI=1S/C27H34N6O4/c1-18-13-29-33-15-22(30-27(26(18)33)37-10-5-19-11-25(34)28-14-19)20-3-4-23(24(12-20)35-2)32-8-6-31(7-9-32)21-16-36-17-21/h3-4,12-13,15,19,21H,5-11,14,16-17H2,1-2H3,(H,28,34)/t19-/m1/s1. The minimum Gasteiger partial charge on any atom is -0.495 e. The summed E-state index contributed by atoms with van der Waals surface area (Å²) < 4.78 is 19.2. The molecule has 1 aromatic carbocycles. The quantitative estimate of drug-likeness (QED) is 0.497. The first kappa shape index (κ1) is 24.0. The number of rotatable bonds is 8. The molecule has 0 bridgehead atoms. The van der Waals surface area contributed by atoms with Gasteiger partial charge in [-0.15, -0.1) is 0 Å². The number of hydrogen-bond donors (Lipinski definition) is 1. The fourth-order valence-corrected chi connectivity index (χ4v) is 5.41. The molecule has 3 aliphatic heterocycles. The fourth-order valence-electron chi connectivity index (χ4n) is 5.41. The van der Waals surface area contributed by atoms with Gasteiger partial charge < -0.3 is 24.4 Å². The highest BCUT2D eigenvalue weighted by atomic mass is 16.5. The molecule has 0 aliphatic carbocycles. The molecule has 10 heteroatoms. The van der Waals surface area contributed by atoms with Crippen molar-refractivity contribution in [2.24, 2.45) is 5.92 Å². The van der Waals surface area contributed by atoms with E-state index in [4.69, 9.17) is 19.2 Å². The zero-order chi connectivity index (χ0) is 25.4. The number of hydrogen-bond acceptors (Lipinski definition) is 8. The third-order valence-corrected chi connectivity index (χ3v) is 7.74. The average molecular weight is 507 g/mol. The molecular formula is C27H34N6O4. The number of carbonyl (C=O) groups excluding carboxylic acids is 1. The predicted octanol–water partition coefficient (Wildman–Crippen LogP) is 2.14. The van der Waals surface area contributed by atoms with Gasteiger partial charge in [-0.2, -0.15) is 5.10 Å². The highest BCUT2D eigenvalue weighted by Crippen LogP contribution is 2.35. The normalized spacial score (nSPS) is 20.8. The van der Waals surface area contributed by atoms with Crippen LogP contribution in [0.3, 0.4) is 0 Å². The van der Waals surface area contributed by atoms with Crippen LogP contribution in [0.25, 0.3) is 16.8 Å². The van der Waals surface area contributed by atoms with Crippen molar-refractivity contribution < 1.29 is 19.0 Å². The SMILES string of the molecule is COc1cc(-c2cn3ncc(C)c3c(OCC[C@H]3CNC(=O)C3)n2)ccc1N1CCN(C2COC2)CC1. The van der Waals surface area contributed by atoms with Crippen molar-refractivity contribution in [3.05, 3.63) is 36.2 Å². The second-order valence-electron chi connectivity index (χ2n) is 10.2. The highest BCUT2D eigenvalue weighted by molar-refractivity contribution is 5.78. The minimum atomic E-state index is 0.117. The second kappa shape index (κ2) is 10.2. The lowest BCUT2D eigenvalue weighted by molar-refractivity contribution is -0.119. The van der Waals surface area contributed by atoms with Gasteiger partial charge in [-0.05, 0) is 31.4 Å². The smallest absolute Gasteiger partial charge is 0.240 e. The van der Waals surface area contributed by atoms with Gasteiger partial charge in [0.1, 0.15) is 11.3 Å². The number of nitrogens with one attached hydrogen (secondary N) is 1. The lowest BCUT2D eigenvalue weighted by atomic mass is 10.1. The Morgan fingerprint density at radius 2 is 2.03 bits per heavy atom. The Hall–Kier alpha value is -3.37. The van der Waals surface area contributed by atoms with Crippen molar-refractivity contribution in [1.82, 2.24) is 24.8 Å². The summed E-state index contributed by atoms with van der Waals surface area (Å²) in [6.45, 7) is 8.91. The average Bonchev–Trinajstić information content (AvgIpc) is 3.48. The lowest BCUT2D eigenvalue weighted by Gasteiger charge is -2.43. The van der Waals surface area contributed by atoms with Gasteiger partial charge in [-0.1, -0.05) is 6.07 Å². The van der Waals surface area contributed by atoms with Gasteiger partial charge in [-0.25, -0.2) is 9.50 Å². The summed E-state index contributed by atoms with van der Waals surface area (Å²) in [6.07, 6.45) is 5.12. The monoisotopic (exact) mass is 506 g/mol. The zero-order valence-electron chi connectivity index (χ0n) is 21.5. The molecule has 1 amide bonds. The number of benzene rings is 1. The molecule has 3 fully saturated rings. The molecule has 10 nitrogen and oxygen atoms in total. The summed E-state index contributed by atoms with van der Waals surface area (Å²) in [5.41, 5.74) is 4.68. The Morgan fingerprint density at radius 1 is 1.19 bits per heavy atom. The van der Waals surface area contributed by atoms with Crippen molar-refractivity contribution in [2.45, 2.75) is 25.8 Å². The predicted molar refractivity (Wildman–Crippen MR) is 139 cm³/mol. The number of amides is 1.